The lowest BCUT2D eigenvalue weighted by Crippen LogP contribution is -2.22. The highest BCUT2D eigenvalue weighted by molar-refractivity contribution is 5.98. The average molecular weight is 430 g/mol. The summed E-state index contributed by atoms with van der Waals surface area (Å²) in [6, 6.07) is 16.7. The van der Waals surface area contributed by atoms with E-state index in [9.17, 15) is 4.79 Å². The Balaban J connectivity index is 1.43. The first-order chi connectivity index (χ1) is 15.3. The monoisotopic (exact) mass is 429 g/mol. The molecule has 1 atom stereocenters. The van der Waals surface area contributed by atoms with E-state index >= 15 is 0 Å². The van der Waals surface area contributed by atoms with Crippen LogP contribution in [0, 0.1) is 0 Å². The highest BCUT2D eigenvalue weighted by Crippen LogP contribution is 2.33. The maximum absolute atomic E-state index is 12.7. The lowest BCUT2D eigenvalue weighted by molar-refractivity contribution is 0.0962. The average Bonchev–Trinajstić information content (AvgIpc) is 2.79. The van der Waals surface area contributed by atoms with Crippen LogP contribution in [0.25, 0.3) is 0 Å². The van der Waals surface area contributed by atoms with Crippen LogP contribution in [0.2, 0.25) is 0 Å². The highest BCUT2D eigenvalue weighted by Gasteiger charge is 2.28. The smallest absolute Gasteiger partial charge is 0.222 e. The molecule has 1 aromatic heterocycles. The highest BCUT2D eigenvalue weighted by atomic mass is 16.5. The Bertz CT molecular complexity index is 1080. The van der Waals surface area contributed by atoms with E-state index in [2.05, 4.69) is 67.5 Å². The second kappa shape index (κ2) is 9.11. The molecule has 5 heteroatoms. The number of nitrogens with zero attached hydrogens (tertiary/aromatic N) is 2. The number of aromatic nitrogens is 2. The number of methoxy groups -OCH3 is 1. The second-order valence-electron chi connectivity index (χ2n) is 9.48. The predicted molar refractivity (Wildman–Crippen MR) is 128 cm³/mol. The van der Waals surface area contributed by atoms with Gasteiger partial charge in [-0.25, -0.2) is 9.97 Å². The molecule has 0 saturated heterocycles. The zero-order valence-corrected chi connectivity index (χ0v) is 19.3. The van der Waals surface area contributed by atoms with E-state index in [4.69, 9.17) is 9.72 Å². The lowest BCUT2D eigenvalue weighted by atomic mass is 9.80. The van der Waals surface area contributed by atoms with E-state index in [1.54, 1.807) is 13.3 Å². The number of benzene rings is 2. The molecule has 0 fully saturated rings. The number of fused-ring (bicyclic) bond motifs is 1. The summed E-state index contributed by atoms with van der Waals surface area (Å²) in [5, 5.41) is 3.30. The number of ketones is 1. The lowest BCUT2D eigenvalue weighted by Gasteiger charge is -2.25. The van der Waals surface area contributed by atoms with Crippen LogP contribution < -0.4 is 10.1 Å². The molecule has 0 spiro atoms. The summed E-state index contributed by atoms with van der Waals surface area (Å²) in [6.45, 7) is 7.35. The van der Waals surface area contributed by atoms with Crippen molar-refractivity contribution in [3.63, 3.8) is 0 Å². The number of anilines is 1. The molecular weight excluding hydrogens is 398 g/mol. The minimum atomic E-state index is 0.118. The molecule has 166 valence electrons. The molecule has 1 heterocycles. The van der Waals surface area contributed by atoms with Crippen LogP contribution in [0.5, 0.6) is 5.75 Å². The Labute approximate surface area is 190 Å². The molecule has 1 aliphatic rings. The normalized spacial score (nSPS) is 15.9. The Morgan fingerprint density at radius 2 is 1.75 bits per heavy atom. The zero-order chi connectivity index (χ0) is 22.7. The maximum Gasteiger partial charge on any atom is 0.222 e. The molecular formula is C27H31N3O2. The number of hydrogen-bond acceptors (Lipinski definition) is 5. The van der Waals surface area contributed by atoms with Gasteiger partial charge in [0.1, 0.15) is 5.75 Å². The van der Waals surface area contributed by atoms with Crippen LogP contribution in [0.4, 0.5) is 5.95 Å². The van der Waals surface area contributed by atoms with Crippen molar-refractivity contribution in [2.75, 3.05) is 19.0 Å². The van der Waals surface area contributed by atoms with Crippen LogP contribution in [0.1, 0.15) is 65.9 Å². The fourth-order valence-electron chi connectivity index (χ4n) is 4.13. The fourth-order valence-corrected chi connectivity index (χ4v) is 4.13. The Morgan fingerprint density at radius 1 is 1.03 bits per heavy atom. The molecule has 1 unspecified atom stereocenters. The van der Waals surface area contributed by atoms with Gasteiger partial charge in [0.25, 0.3) is 0 Å². The van der Waals surface area contributed by atoms with Crippen molar-refractivity contribution < 1.29 is 9.53 Å². The summed E-state index contributed by atoms with van der Waals surface area (Å²) in [4.78, 5) is 21.8. The number of carbonyl (C=O) groups is 1. The van der Waals surface area contributed by atoms with Gasteiger partial charge in [-0.3, -0.25) is 4.79 Å². The predicted octanol–water partition coefficient (Wildman–Crippen LogP) is 5.35. The number of rotatable bonds is 6. The molecule has 1 aliphatic carbocycles. The zero-order valence-electron chi connectivity index (χ0n) is 19.3. The fraction of sp³-hybridized carbons (Fsp3) is 0.370. The topological polar surface area (TPSA) is 64.1 Å². The minimum absolute atomic E-state index is 0.118. The molecule has 1 N–H and O–H groups in total. The van der Waals surface area contributed by atoms with Crippen molar-refractivity contribution in [2.45, 2.75) is 51.4 Å². The van der Waals surface area contributed by atoms with Gasteiger partial charge in [-0.15, -0.1) is 0 Å². The summed E-state index contributed by atoms with van der Waals surface area (Å²) in [5.74, 6) is 1.72. The van der Waals surface area contributed by atoms with Crippen molar-refractivity contribution in [1.29, 1.82) is 0 Å². The quantitative estimate of drug-likeness (QED) is 0.572. The molecule has 4 rings (SSSR count). The van der Waals surface area contributed by atoms with E-state index in [1.807, 2.05) is 12.1 Å². The van der Waals surface area contributed by atoms with Gasteiger partial charge in [-0.2, -0.15) is 0 Å². The van der Waals surface area contributed by atoms with Crippen molar-refractivity contribution in [3.8, 4) is 5.75 Å². The summed E-state index contributed by atoms with van der Waals surface area (Å²) < 4.78 is 5.20. The molecule has 5 nitrogen and oxygen atoms in total. The van der Waals surface area contributed by atoms with Gasteiger partial charge in [0.2, 0.25) is 5.95 Å². The first-order valence-corrected chi connectivity index (χ1v) is 11.2. The van der Waals surface area contributed by atoms with Crippen molar-refractivity contribution in [1.82, 2.24) is 9.97 Å². The van der Waals surface area contributed by atoms with Crippen molar-refractivity contribution >= 4 is 11.7 Å². The third-order valence-corrected chi connectivity index (χ3v) is 6.14. The summed E-state index contributed by atoms with van der Waals surface area (Å²) in [6.07, 6.45) is 3.80. The second-order valence-corrected chi connectivity index (χ2v) is 9.48. The van der Waals surface area contributed by atoms with Crippen LogP contribution in [-0.4, -0.2) is 29.4 Å². The Hall–Kier alpha value is -3.21. The van der Waals surface area contributed by atoms with Gasteiger partial charge in [0.05, 0.1) is 18.4 Å². The number of ether oxygens (including phenoxy) is 1. The molecule has 0 bridgehead atoms. The first kappa shape index (κ1) is 22.0. The number of Topliss-reactive ketones (excluding diaryl/α,β-unsaturated/α-hetero) is 1. The van der Waals surface area contributed by atoms with Crippen LogP contribution in [0.15, 0.2) is 54.7 Å². The Kier molecular flexibility index (Phi) is 6.26. The molecule has 0 aliphatic heterocycles. The van der Waals surface area contributed by atoms with E-state index < -0.39 is 0 Å². The van der Waals surface area contributed by atoms with E-state index in [0.717, 1.165) is 30.8 Å². The maximum atomic E-state index is 12.7. The molecule has 3 aromatic rings. The van der Waals surface area contributed by atoms with Gasteiger partial charge < -0.3 is 10.1 Å². The first-order valence-electron chi connectivity index (χ1n) is 11.2. The third-order valence-electron chi connectivity index (χ3n) is 6.14. The summed E-state index contributed by atoms with van der Waals surface area (Å²) >= 11 is 0. The van der Waals surface area contributed by atoms with E-state index in [0.29, 0.717) is 17.9 Å². The molecule has 32 heavy (non-hydrogen) atoms. The van der Waals surface area contributed by atoms with Crippen molar-refractivity contribution in [3.05, 3.63) is 82.7 Å². The van der Waals surface area contributed by atoms with Gasteiger partial charge >= 0.3 is 0 Å². The summed E-state index contributed by atoms with van der Waals surface area (Å²) in [5.41, 5.74) is 5.33. The number of hydrogen-bond donors (Lipinski definition) is 1. The van der Waals surface area contributed by atoms with E-state index in [1.165, 1.54) is 16.7 Å². The number of nitrogens with one attached hydrogen (secondary N) is 1. The van der Waals surface area contributed by atoms with Gasteiger partial charge in [-0.05, 0) is 53.0 Å². The van der Waals surface area contributed by atoms with Gasteiger partial charge in [0, 0.05) is 19.2 Å². The van der Waals surface area contributed by atoms with Gasteiger partial charge in [-0.1, -0.05) is 57.2 Å². The van der Waals surface area contributed by atoms with Crippen LogP contribution >= 0.6 is 0 Å². The standard InChI is InChI=1S/C27H31N3O2/c1-27(2,3)21-9-7-19(8-10-21)20-15-24-23(25(31)16-20)17-29-26(30-24)28-14-13-18-5-11-22(32-4)12-6-18/h5-12,17,20H,13-16H2,1-4H3,(H,28,29,30). The van der Waals surface area contributed by atoms with Crippen LogP contribution in [-0.2, 0) is 18.3 Å². The van der Waals surface area contributed by atoms with Crippen LogP contribution in [0.3, 0.4) is 0 Å². The number of carbonyl (C=O) groups excluding carboxylic acids is 1. The third kappa shape index (κ3) is 4.98. The Morgan fingerprint density at radius 3 is 2.41 bits per heavy atom. The molecule has 0 saturated carbocycles. The largest absolute Gasteiger partial charge is 0.497 e. The van der Waals surface area contributed by atoms with Crippen molar-refractivity contribution in [2.24, 2.45) is 0 Å². The summed E-state index contributed by atoms with van der Waals surface area (Å²) in [7, 11) is 1.67. The molecule has 0 radical (unpaired) electrons. The minimum Gasteiger partial charge on any atom is -0.497 e. The van der Waals surface area contributed by atoms with Gasteiger partial charge in [0.15, 0.2) is 5.78 Å². The van der Waals surface area contributed by atoms with E-state index in [-0.39, 0.29) is 17.1 Å². The molecule has 0 amide bonds. The SMILES string of the molecule is COc1ccc(CCNc2ncc3c(n2)CC(c2ccc(C(C)(C)C)cc2)CC3=O)cc1. The molecule has 2 aromatic carbocycles.